The van der Waals surface area contributed by atoms with Crippen molar-refractivity contribution in [1.82, 2.24) is 4.90 Å². The van der Waals surface area contributed by atoms with Crippen molar-refractivity contribution in [3.63, 3.8) is 0 Å². The van der Waals surface area contributed by atoms with E-state index < -0.39 is 0 Å². The predicted octanol–water partition coefficient (Wildman–Crippen LogP) is 4.76. The summed E-state index contributed by atoms with van der Waals surface area (Å²) in [7, 11) is 5.98. The van der Waals surface area contributed by atoms with Crippen LogP contribution in [0.1, 0.15) is 48.5 Å². The molecule has 2 rings (SSSR count). The Morgan fingerprint density at radius 1 is 1.14 bits per heavy atom. The summed E-state index contributed by atoms with van der Waals surface area (Å²) < 4.78 is 5.29. The molecule has 2 aromatic rings. The van der Waals surface area contributed by atoms with E-state index in [0.717, 1.165) is 23.7 Å². The Bertz CT molecular complexity index is 887. The molecule has 1 aromatic carbocycles. The normalized spacial score (nSPS) is 11.4. The number of nitrogens with zero attached hydrogens (tertiary/aromatic N) is 3. The zero-order valence-corrected chi connectivity index (χ0v) is 19.3. The number of nitriles is 1. The third-order valence-corrected chi connectivity index (χ3v) is 6.02. The fraction of sp³-hybridized carbons (Fsp3) is 0.478. The van der Waals surface area contributed by atoms with Crippen molar-refractivity contribution >= 4 is 22.3 Å². The summed E-state index contributed by atoms with van der Waals surface area (Å²) in [6.07, 6.45) is 0. The molecule has 1 heterocycles. The van der Waals surface area contributed by atoms with Crippen LogP contribution in [0.5, 0.6) is 0 Å². The SMILES string of the molecule is CCOC(=O)c1sc(N(C)CCN(C)C)c(C#N)c1-c1ccc(C(C)(C)C)cc1. The molecule has 0 unspecified atom stereocenters. The number of hydrogen-bond acceptors (Lipinski definition) is 6. The molecular weight excluding hydrogens is 382 g/mol. The smallest absolute Gasteiger partial charge is 0.349 e. The molecule has 0 bridgehead atoms. The van der Waals surface area contributed by atoms with E-state index >= 15 is 0 Å². The van der Waals surface area contributed by atoms with Gasteiger partial charge >= 0.3 is 5.97 Å². The van der Waals surface area contributed by atoms with Crippen LogP contribution in [0.25, 0.3) is 11.1 Å². The number of carbonyl (C=O) groups excluding carboxylic acids is 1. The van der Waals surface area contributed by atoms with Gasteiger partial charge in [-0.05, 0) is 37.6 Å². The number of thiophene rings is 1. The van der Waals surface area contributed by atoms with Crippen molar-refractivity contribution in [3.05, 3.63) is 40.3 Å². The average molecular weight is 414 g/mol. The zero-order valence-electron chi connectivity index (χ0n) is 18.5. The highest BCUT2D eigenvalue weighted by atomic mass is 32.1. The lowest BCUT2D eigenvalue weighted by Crippen LogP contribution is -2.28. The van der Waals surface area contributed by atoms with Gasteiger partial charge in [0.1, 0.15) is 15.9 Å². The third-order valence-electron chi connectivity index (χ3n) is 4.73. The molecule has 156 valence electrons. The van der Waals surface area contributed by atoms with Gasteiger partial charge in [0.2, 0.25) is 0 Å². The highest BCUT2D eigenvalue weighted by Crippen LogP contribution is 2.42. The van der Waals surface area contributed by atoms with Crippen molar-refractivity contribution < 1.29 is 9.53 Å². The van der Waals surface area contributed by atoms with Gasteiger partial charge in [-0.1, -0.05) is 45.0 Å². The molecule has 0 aliphatic carbocycles. The first-order valence-corrected chi connectivity index (χ1v) is 10.6. The molecule has 29 heavy (non-hydrogen) atoms. The molecule has 0 radical (unpaired) electrons. The van der Waals surface area contributed by atoms with Gasteiger partial charge in [0.25, 0.3) is 0 Å². The van der Waals surface area contributed by atoms with E-state index in [2.05, 4.69) is 43.9 Å². The number of rotatable bonds is 7. The minimum atomic E-state index is -0.379. The van der Waals surface area contributed by atoms with Gasteiger partial charge < -0.3 is 14.5 Å². The van der Waals surface area contributed by atoms with E-state index in [9.17, 15) is 10.1 Å². The molecule has 1 aromatic heterocycles. The molecule has 0 fully saturated rings. The fourth-order valence-electron chi connectivity index (χ4n) is 3.00. The van der Waals surface area contributed by atoms with Crippen LogP contribution in [-0.4, -0.2) is 51.7 Å². The largest absolute Gasteiger partial charge is 0.462 e. The van der Waals surface area contributed by atoms with Crippen LogP contribution in [0.3, 0.4) is 0 Å². The van der Waals surface area contributed by atoms with Crippen LogP contribution in [0, 0.1) is 11.3 Å². The van der Waals surface area contributed by atoms with Crippen molar-refractivity contribution in [2.75, 3.05) is 45.7 Å². The summed E-state index contributed by atoms with van der Waals surface area (Å²) in [5.74, 6) is -0.379. The quantitative estimate of drug-likeness (QED) is 0.613. The molecule has 0 amide bonds. The van der Waals surface area contributed by atoms with Crippen LogP contribution >= 0.6 is 11.3 Å². The molecule has 0 saturated heterocycles. The van der Waals surface area contributed by atoms with E-state index in [1.807, 2.05) is 38.2 Å². The molecule has 0 atom stereocenters. The van der Waals surface area contributed by atoms with Gasteiger partial charge in [0, 0.05) is 25.7 Å². The van der Waals surface area contributed by atoms with Gasteiger partial charge in [-0.25, -0.2) is 4.79 Å². The molecular formula is C23H31N3O2S. The summed E-state index contributed by atoms with van der Waals surface area (Å²) in [5, 5.41) is 10.8. The van der Waals surface area contributed by atoms with Gasteiger partial charge in [0.15, 0.2) is 0 Å². The maximum atomic E-state index is 12.7. The Kier molecular flexibility index (Phi) is 7.45. The molecule has 6 heteroatoms. The van der Waals surface area contributed by atoms with E-state index in [1.54, 1.807) is 6.92 Å². The maximum Gasteiger partial charge on any atom is 0.349 e. The first-order chi connectivity index (χ1) is 13.6. The summed E-state index contributed by atoms with van der Waals surface area (Å²) in [6, 6.07) is 10.5. The first-order valence-electron chi connectivity index (χ1n) is 9.80. The van der Waals surface area contributed by atoms with Crippen molar-refractivity contribution in [2.24, 2.45) is 0 Å². The van der Waals surface area contributed by atoms with E-state index in [0.29, 0.717) is 22.6 Å². The first kappa shape index (κ1) is 22.9. The Balaban J connectivity index is 2.59. The molecule has 5 nitrogen and oxygen atoms in total. The van der Waals surface area contributed by atoms with Crippen molar-refractivity contribution in [2.45, 2.75) is 33.1 Å². The van der Waals surface area contributed by atoms with E-state index in [1.165, 1.54) is 16.9 Å². The summed E-state index contributed by atoms with van der Waals surface area (Å²) >= 11 is 1.33. The fourth-order valence-corrected chi connectivity index (χ4v) is 4.15. The van der Waals surface area contributed by atoms with Crippen LogP contribution in [0.2, 0.25) is 0 Å². The molecule has 0 aliphatic heterocycles. The Labute approximate surface area is 178 Å². The minimum absolute atomic E-state index is 0.0345. The highest BCUT2D eigenvalue weighted by molar-refractivity contribution is 7.18. The number of ether oxygens (including phenoxy) is 1. The number of hydrogen-bond donors (Lipinski definition) is 0. The molecule has 0 aliphatic rings. The minimum Gasteiger partial charge on any atom is -0.462 e. The van der Waals surface area contributed by atoms with Gasteiger partial charge in [0.05, 0.1) is 12.2 Å². The summed E-state index contributed by atoms with van der Waals surface area (Å²) in [5.41, 5.74) is 3.30. The molecule has 0 spiro atoms. The monoisotopic (exact) mass is 413 g/mol. The van der Waals surface area contributed by atoms with Gasteiger partial charge in [-0.15, -0.1) is 11.3 Å². The average Bonchev–Trinajstić information content (AvgIpc) is 3.05. The van der Waals surface area contributed by atoms with Crippen LogP contribution in [0.15, 0.2) is 24.3 Å². The van der Waals surface area contributed by atoms with Crippen LogP contribution in [-0.2, 0) is 10.2 Å². The van der Waals surface area contributed by atoms with Gasteiger partial charge in [-0.2, -0.15) is 5.26 Å². The summed E-state index contributed by atoms with van der Waals surface area (Å²) in [4.78, 5) is 17.3. The lowest BCUT2D eigenvalue weighted by molar-refractivity contribution is 0.0533. The predicted molar refractivity (Wildman–Crippen MR) is 121 cm³/mol. The maximum absolute atomic E-state index is 12.7. The Morgan fingerprint density at radius 2 is 1.76 bits per heavy atom. The number of benzene rings is 1. The number of likely N-dealkylation sites (N-methyl/N-ethyl adjacent to an activating group) is 2. The van der Waals surface area contributed by atoms with Crippen LogP contribution < -0.4 is 4.90 Å². The summed E-state index contributed by atoms with van der Waals surface area (Å²) in [6.45, 7) is 10.2. The number of carbonyl (C=O) groups is 1. The molecule has 0 saturated carbocycles. The number of anilines is 1. The highest BCUT2D eigenvalue weighted by Gasteiger charge is 2.27. The molecule has 0 N–H and O–H groups in total. The van der Waals surface area contributed by atoms with Gasteiger partial charge in [-0.3, -0.25) is 0 Å². The van der Waals surface area contributed by atoms with E-state index in [-0.39, 0.29) is 11.4 Å². The topological polar surface area (TPSA) is 56.6 Å². The third kappa shape index (κ3) is 5.37. The lowest BCUT2D eigenvalue weighted by atomic mass is 9.86. The Morgan fingerprint density at radius 3 is 2.24 bits per heavy atom. The second kappa shape index (κ2) is 9.43. The van der Waals surface area contributed by atoms with Crippen molar-refractivity contribution in [3.8, 4) is 17.2 Å². The second-order valence-electron chi connectivity index (χ2n) is 8.37. The van der Waals surface area contributed by atoms with Crippen molar-refractivity contribution in [1.29, 1.82) is 5.26 Å². The van der Waals surface area contributed by atoms with Crippen LogP contribution in [0.4, 0.5) is 5.00 Å². The second-order valence-corrected chi connectivity index (χ2v) is 9.37. The Hall–Kier alpha value is -2.36. The lowest BCUT2D eigenvalue weighted by Gasteiger charge is -2.20. The zero-order chi connectivity index (χ0) is 21.8. The standard InChI is InChI=1S/C23H31N3O2S/c1-8-28-22(27)20-19(16-9-11-17(12-10-16)23(2,3)4)18(15-24)21(29-20)26(7)14-13-25(5)6/h9-12H,8,13-14H2,1-7H3. The number of esters is 1. The van der Waals surface area contributed by atoms with E-state index in [4.69, 9.17) is 4.74 Å².